The van der Waals surface area contributed by atoms with Crippen molar-refractivity contribution in [1.82, 2.24) is 19.7 Å². The lowest BCUT2D eigenvalue weighted by molar-refractivity contribution is 0.285. The fourth-order valence-electron chi connectivity index (χ4n) is 4.43. The highest BCUT2D eigenvalue weighted by molar-refractivity contribution is 6.04. The number of hydrazone groups is 1. The summed E-state index contributed by atoms with van der Waals surface area (Å²) in [5, 5.41) is 14.2. The van der Waals surface area contributed by atoms with Gasteiger partial charge >= 0.3 is 0 Å². The Morgan fingerprint density at radius 2 is 1.73 bits per heavy atom. The van der Waals surface area contributed by atoms with Crippen molar-refractivity contribution < 1.29 is 9.47 Å². The molecule has 1 N–H and O–H groups in total. The molecule has 0 aliphatic heterocycles. The van der Waals surface area contributed by atoms with E-state index in [-0.39, 0.29) is 0 Å². The summed E-state index contributed by atoms with van der Waals surface area (Å²) in [4.78, 5) is 4.77. The number of ether oxygens (including phenoxy) is 2. The van der Waals surface area contributed by atoms with E-state index in [4.69, 9.17) is 14.5 Å². The maximum absolute atomic E-state index is 5.91. The van der Waals surface area contributed by atoms with Crippen LogP contribution in [-0.2, 0) is 6.54 Å². The van der Waals surface area contributed by atoms with Crippen LogP contribution in [0.1, 0.15) is 70.8 Å². The number of rotatable bonds is 15. The van der Waals surface area contributed by atoms with Crippen molar-refractivity contribution in [3.05, 3.63) is 48.0 Å². The molecule has 8 nitrogen and oxygen atoms in total. The molecule has 37 heavy (non-hydrogen) atoms. The Labute approximate surface area is 219 Å². The van der Waals surface area contributed by atoms with Crippen LogP contribution in [0, 0.1) is 0 Å². The molecule has 0 saturated carbocycles. The summed E-state index contributed by atoms with van der Waals surface area (Å²) >= 11 is 0. The molecule has 0 saturated heterocycles. The smallest absolute Gasteiger partial charge is 0.265 e. The number of methoxy groups -OCH3 is 1. The Morgan fingerprint density at radius 3 is 2.54 bits per heavy atom. The molecule has 4 rings (SSSR count). The number of hydrogen-bond acceptors (Lipinski definition) is 7. The number of nitrogens with one attached hydrogen (secondary N) is 1. The number of nitrogens with zero attached hydrogens (tertiary/aromatic N) is 5. The van der Waals surface area contributed by atoms with Crippen molar-refractivity contribution in [3.63, 3.8) is 0 Å². The highest BCUT2D eigenvalue weighted by Crippen LogP contribution is 2.28. The van der Waals surface area contributed by atoms with Crippen LogP contribution in [0.3, 0.4) is 0 Å². The molecule has 4 aromatic rings. The molecule has 0 unspecified atom stereocenters. The van der Waals surface area contributed by atoms with Crippen molar-refractivity contribution in [2.24, 2.45) is 5.10 Å². The van der Waals surface area contributed by atoms with E-state index >= 15 is 0 Å². The second-order valence-electron chi connectivity index (χ2n) is 9.23. The van der Waals surface area contributed by atoms with E-state index in [1.165, 1.54) is 38.5 Å². The normalized spacial score (nSPS) is 11.5. The molecule has 0 amide bonds. The first kappa shape index (κ1) is 26.4. The van der Waals surface area contributed by atoms with E-state index in [0.29, 0.717) is 18.3 Å². The van der Waals surface area contributed by atoms with Crippen molar-refractivity contribution in [2.45, 2.75) is 71.8 Å². The Morgan fingerprint density at radius 1 is 0.919 bits per heavy atom. The molecule has 0 aliphatic carbocycles. The first-order chi connectivity index (χ1) is 18.2. The predicted molar refractivity (Wildman–Crippen MR) is 151 cm³/mol. The first-order valence-corrected chi connectivity index (χ1v) is 13.5. The fraction of sp³-hybridized carbons (Fsp3) is 0.448. The van der Waals surface area contributed by atoms with Crippen LogP contribution in [0.5, 0.6) is 11.5 Å². The van der Waals surface area contributed by atoms with E-state index in [1.54, 1.807) is 13.3 Å². The summed E-state index contributed by atoms with van der Waals surface area (Å²) in [6, 6.07) is 14.1. The Bertz CT molecular complexity index is 1320. The quantitative estimate of drug-likeness (QED) is 0.107. The third-order valence-corrected chi connectivity index (χ3v) is 6.43. The number of benzene rings is 2. The lowest BCUT2D eigenvalue weighted by Crippen LogP contribution is -2.03. The first-order valence-electron chi connectivity index (χ1n) is 13.5. The summed E-state index contributed by atoms with van der Waals surface area (Å²) in [5.74, 6) is 1.79. The number of aromatic nitrogens is 4. The van der Waals surface area contributed by atoms with Crippen LogP contribution in [0.25, 0.3) is 22.1 Å². The van der Waals surface area contributed by atoms with E-state index in [1.807, 2.05) is 24.3 Å². The van der Waals surface area contributed by atoms with Crippen LogP contribution in [0.15, 0.2) is 47.6 Å². The van der Waals surface area contributed by atoms with Crippen molar-refractivity contribution in [3.8, 4) is 11.5 Å². The fourth-order valence-corrected chi connectivity index (χ4v) is 4.43. The Kier molecular flexibility index (Phi) is 9.68. The maximum Gasteiger partial charge on any atom is 0.265 e. The molecule has 196 valence electrons. The van der Waals surface area contributed by atoms with Crippen LogP contribution < -0.4 is 14.9 Å². The number of unbranched alkanes of at least 4 members (excludes halogenated alkanes) is 6. The van der Waals surface area contributed by atoms with Gasteiger partial charge in [0.15, 0.2) is 17.1 Å². The minimum Gasteiger partial charge on any atom is -0.493 e. The van der Waals surface area contributed by atoms with Crippen molar-refractivity contribution in [2.75, 3.05) is 19.1 Å². The molecule has 2 aromatic carbocycles. The molecular weight excluding hydrogens is 464 g/mol. The highest BCUT2D eigenvalue weighted by Gasteiger charge is 2.14. The van der Waals surface area contributed by atoms with Crippen LogP contribution in [0.2, 0.25) is 0 Å². The van der Waals surface area contributed by atoms with Gasteiger partial charge in [0.1, 0.15) is 5.52 Å². The van der Waals surface area contributed by atoms with E-state index in [2.05, 4.69) is 57.3 Å². The van der Waals surface area contributed by atoms with Crippen molar-refractivity contribution >= 4 is 34.2 Å². The van der Waals surface area contributed by atoms with Gasteiger partial charge in [0.25, 0.3) is 5.95 Å². The minimum atomic E-state index is 0.361. The van der Waals surface area contributed by atoms with E-state index in [0.717, 1.165) is 52.8 Å². The van der Waals surface area contributed by atoms with Crippen LogP contribution in [0.4, 0.5) is 5.95 Å². The number of anilines is 1. The van der Waals surface area contributed by atoms with E-state index < -0.39 is 0 Å². The standard InChI is InChI=1S/C29H38N6O2/c1-4-6-8-12-18-35-24-15-11-10-14-23(24)27-28(35)31-29(34-32-27)33-30-21-22-16-17-25(26(20-22)36-3)37-19-13-9-7-5-2/h10-11,14-17,20-21H,4-9,12-13,18-19H2,1-3H3,(H,31,33,34)/b30-21+. The number of aryl methyl sites for hydroxylation is 1. The summed E-state index contributed by atoms with van der Waals surface area (Å²) in [5.41, 5.74) is 6.59. The van der Waals surface area contributed by atoms with Gasteiger partial charge in [0.2, 0.25) is 0 Å². The average Bonchev–Trinajstić information content (AvgIpc) is 3.24. The summed E-state index contributed by atoms with van der Waals surface area (Å²) in [7, 11) is 1.65. The Balaban J connectivity index is 1.46. The zero-order valence-corrected chi connectivity index (χ0v) is 22.2. The lowest BCUT2D eigenvalue weighted by atomic mass is 10.2. The largest absolute Gasteiger partial charge is 0.493 e. The monoisotopic (exact) mass is 502 g/mol. The zero-order chi connectivity index (χ0) is 25.9. The van der Waals surface area contributed by atoms with Gasteiger partial charge in [-0.15, -0.1) is 10.2 Å². The third kappa shape index (κ3) is 6.76. The molecule has 0 spiro atoms. The molecule has 2 aromatic heterocycles. The minimum absolute atomic E-state index is 0.361. The molecule has 0 radical (unpaired) electrons. The van der Waals surface area contributed by atoms with Gasteiger partial charge < -0.3 is 14.0 Å². The van der Waals surface area contributed by atoms with Gasteiger partial charge in [-0.2, -0.15) is 10.1 Å². The molecule has 0 bridgehead atoms. The van der Waals surface area contributed by atoms with Gasteiger partial charge in [-0.3, -0.25) is 0 Å². The van der Waals surface area contributed by atoms with Crippen molar-refractivity contribution in [1.29, 1.82) is 0 Å². The average molecular weight is 503 g/mol. The lowest BCUT2D eigenvalue weighted by Gasteiger charge is -2.11. The second-order valence-corrected chi connectivity index (χ2v) is 9.23. The summed E-state index contributed by atoms with van der Waals surface area (Å²) in [6.07, 6.45) is 11.1. The van der Waals surface area contributed by atoms with Gasteiger partial charge in [-0.25, -0.2) is 5.43 Å². The molecule has 0 atom stereocenters. The van der Waals surface area contributed by atoms with E-state index in [9.17, 15) is 0 Å². The van der Waals surface area contributed by atoms with Crippen LogP contribution in [-0.4, -0.2) is 39.7 Å². The molecule has 2 heterocycles. The zero-order valence-electron chi connectivity index (χ0n) is 22.2. The molecule has 0 aliphatic rings. The van der Waals surface area contributed by atoms with Gasteiger partial charge in [-0.1, -0.05) is 70.6 Å². The van der Waals surface area contributed by atoms with Gasteiger partial charge in [0, 0.05) is 11.9 Å². The highest BCUT2D eigenvalue weighted by atomic mass is 16.5. The summed E-state index contributed by atoms with van der Waals surface area (Å²) < 4.78 is 13.7. The van der Waals surface area contributed by atoms with Crippen LogP contribution >= 0.6 is 0 Å². The molecule has 8 heteroatoms. The predicted octanol–water partition coefficient (Wildman–Crippen LogP) is 6.97. The molecule has 0 fully saturated rings. The topological polar surface area (TPSA) is 86.5 Å². The Hall–Kier alpha value is -3.68. The number of para-hydroxylation sites is 1. The van der Waals surface area contributed by atoms with Gasteiger partial charge in [0.05, 0.1) is 25.4 Å². The number of fused-ring (bicyclic) bond motifs is 3. The SMILES string of the molecule is CCCCCCOc1ccc(/C=N/Nc2nnc3c4ccccc4n(CCCCCC)c3n2)cc1OC. The van der Waals surface area contributed by atoms with Gasteiger partial charge in [-0.05, 0) is 42.7 Å². The second kappa shape index (κ2) is 13.6. The number of hydrogen-bond donors (Lipinski definition) is 1. The molecular formula is C29H38N6O2. The summed E-state index contributed by atoms with van der Waals surface area (Å²) in [6.45, 7) is 6.02. The third-order valence-electron chi connectivity index (χ3n) is 6.43. The maximum atomic E-state index is 5.91.